The van der Waals surface area contributed by atoms with Crippen molar-refractivity contribution >= 4 is 21.6 Å². The lowest BCUT2D eigenvalue weighted by Gasteiger charge is -2.23. The Morgan fingerprint density at radius 2 is 1.91 bits per heavy atom. The minimum Gasteiger partial charge on any atom is -0.207 e. The van der Waals surface area contributed by atoms with Gasteiger partial charge in [-0.15, -0.1) is 0 Å². The van der Waals surface area contributed by atoms with Gasteiger partial charge < -0.3 is 0 Å². The molecule has 0 bridgehead atoms. The van der Waals surface area contributed by atoms with Gasteiger partial charge >= 0.3 is 0 Å². The first-order chi connectivity index (χ1) is 10.9. The lowest BCUT2D eigenvalue weighted by atomic mass is 10.2. The van der Waals surface area contributed by atoms with Gasteiger partial charge in [0.05, 0.1) is 5.02 Å². The van der Waals surface area contributed by atoms with E-state index in [2.05, 4.69) is 0 Å². The summed E-state index contributed by atoms with van der Waals surface area (Å²) >= 11 is 6.14. The van der Waals surface area contributed by atoms with Gasteiger partial charge in [0.15, 0.2) is 0 Å². The number of halogens is 2. The molecule has 1 aliphatic carbocycles. The second-order valence-electron chi connectivity index (χ2n) is 5.81. The highest BCUT2D eigenvalue weighted by molar-refractivity contribution is 7.89. The third-order valence-electron chi connectivity index (χ3n) is 3.91. The Morgan fingerprint density at radius 1 is 1.22 bits per heavy atom. The van der Waals surface area contributed by atoms with Crippen molar-refractivity contribution in [1.29, 1.82) is 0 Å². The van der Waals surface area contributed by atoms with E-state index < -0.39 is 15.8 Å². The molecule has 0 atom stereocenters. The highest BCUT2D eigenvalue weighted by atomic mass is 35.5. The van der Waals surface area contributed by atoms with Gasteiger partial charge in [0.1, 0.15) is 10.7 Å². The molecule has 2 aromatic rings. The Labute approximate surface area is 140 Å². The predicted molar refractivity (Wildman–Crippen MR) is 88.3 cm³/mol. The SMILES string of the molecule is Cc1ccc(S(=O)(=O)N(Cc2ccccc2F)C2CC2)c(Cl)c1. The van der Waals surface area contributed by atoms with Gasteiger partial charge in [-0.05, 0) is 43.5 Å². The summed E-state index contributed by atoms with van der Waals surface area (Å²) in [6.07, 6.45) is 1.58. The van der Waals surface area contributed by atoms with Gasteiger partial charge in [-0.1, -0.05) is 35.9 Å². The van der Waals surface area contributed by atoms with Crippen LogP contribution in [0.15, 0.2) is 47.4 Å². The highest BCUT2D eigenvalue weighted by Gasteiger charge is 2.39. The molecule has 3 nitrogen and oxygen atoms in total. The Bertz CT molecular complexity index is 834. The van der Waals surface area contributed by atoms with Crippen molar-refractivity contribution in [3.05, 3.63) is 64.4 Å². The van der Waals surface area contributed by atoms with E-state index in [4.69, 9.17) is 11.6 Å². The molecule has 0 heterocycles. The first-order valence-corrected chi connectivity index (χ1v) is 9.23. The fourth-order valence-electron chi connectivity index (χ4n) is 2.51. The molecule has 1 aliphatic rings. The van der Waals surface area contributed by atoms with E-state index in [0.29, 0.717) is 5.56 Å². The van der Waals surface area contributed by atoms with Crippen LogP contribution < -0.4 is 0 Å². The summed E-state index contributed by atoms with van der Waals surface area (Å²) in [6, 6.07) is 11.0. The molecule has 0 radical (unpaired) electrons. The van der Waals surface area contributed by atoms with Crippen molar-refractivity contribution in [3.63, 3.8) is 0 Å². The molecule has 122 valence electrons. The maximum Gasteiger partial charge on any atom is 0.245 e. The van der Waals surface area contributed by atoms with Crippen molar-refractivity contribution in [2.75, 3.05) is 0 Å². The summed E-state index contributed by atoms with van der Waals surface area (Å²) in [7, 11) is -3.77. The van der Waals surface area contributed by atoms with E-state index in [1.165, 1.54) is 16.4 Å². The van der Waals surface area contributed by atoms with Crippen LogP contribution in [0.1, 0.15) is 24.0 Å². The number of sulfonamides is 1. The van der Waals surface area contributed by atoms with Crippen LogP contribution in [0.4, 0.5) is 4.39 Å². The van der Waals surface area contributed by atoms with E-state index in [1.807, 2.05) is 6.92 Å². The average Bonchev–Trinajstić information content (AvgIpc) is 3.30. The monoisotopic (exact) mass is 353 g/mol. The second-order valence-corrected chi connectivity index (χ2v) is 8.07. The molecule has 2 aromatic carbocycles. The highest BCUT2D eigenvalue weighted by Crippen LogP contribution is 2.36. The zero-order valence-electron chi connectivity index (χ0n) is 12.7. The fraction of sp³-hybridized carbons (Fsp3) is 0.294. The first-order valence-electron chi connectivity index (χ1n) is 7.41. The molecule has 0 amide bonds. The van der Waals surface area contributed by atoms with Crippen LogP contribution in [-0.2, 0) is 16.6 Å². The van der Waals surface area contributed by atoms with Crippen molar-refractivity contribution in [2.24, 2.45) is 0 Å². The van der Waals surface area contributed by atoms with Gasteiger partial charge in [-0.3, -0.25) is 0 Å². The molecule has 23 heavy (non-hydrogen) atoms. The zero-order chi connectivity index (χ0) is 16.6. The minimum absolute atomic E-state index is 0.0177. The topological polar surface area (TPSA) is 37.4 Å². The molecule has 3 rings (SSSR count). The van der Waals surface area contributed by atoms with Crippen LogP contribution in [-0.4, -0.2) is 18.8 Å². The molecule has 0 aromatic heterocycles. The van der Waals surface area contributed by atoms with E-state index in [-0.39, 0.29) is 22.5 Å². The number of aryl methyl sites for hydroxylation is 1. The molecule has 0 unspecified atom stereocenters. The molecule has 0 aliphatic heterocycles. The van der Waals surface area contributed by atoms with Crippen LogP contribution in [0.3, 0.4) is 0 Å². The van der Waals surface area contributed by atoms with E-state index in [0.717, 1.165) is 18.4 Å². The maximum absolute atomic E-state index is 13.9. The molecular weight excluding hydrogens is 337 g/mol. The number of hydrogen-bond donors (Lipinski definition) is 0. The Hall–Kier alpha value is -1.43. The number of rotatable bonds is 5. The number of nitrogens with zero attached hydrogens (tertiary/aromatic N) is 1. The van der Waals surface area contributed by atoms with Crippen molar-refractivity contribution in [3.8, 4) is 0 Å². The normalized spacial score (nSPS) is 15.1. The van der Waals surface area contributed by atoms with Gasteiger partial charge in [0.2, 0.25) is 10.0 Å². The van der Waals surface area contributed by atoms with Crippen molar-refractivity contribution in [1.82, 2.24) is 4.31 Å². The molecule has 1 saturated carbocycles. The van der Waals surface area contributed by atoms with E-state index >= 15 is 0 Å². The smallest absolute Gasteiger partial charge is 0.207 e. The Kier molecular flexibility index (Phi) is 4.45. The summed E-state index contributed by atoms with van der Waals surface area (Å²) < 4.78 is 41.2. The summed E-state index contributed by atoms with van der Waals surface area (Å²) in [5, 5.41) is 0.198. The zero-order valence-corrected chi connectivity index (χ0v) is 14.2. The van der Waals surface area contributed by atoms with Gasteiger partial charge in [0, 0.05) is 18.2 Å². The van der Waals surface area contributed by atoms with Crippen LogP contribution in [0.5, 0.6) is 0 Å². The van der Waals surface area contributed by atoms with Crippen LogP contribution in [0.2, 0.25) is 5.02 Å². The maximum atomic E-state index is 13.9. The van der Waals surface area contributed by atoms with Crippen LogP contribution >= 0.6 is 11.6 Å². The number of hydrogen-bond acceptors (Lipinski definition) is 2. The molecule has 1 fully saturated rings. The van der Waals surface area contributed by atoms with Crippen LogP contribution in [0.25, 0.3) is 0 Å². The number of benzene rings is 2. The molecule has 0 spiro atoms. The fourth-order valence-corrected chi connectivity index (χ4v) is 4.75. The lowest BCUT2D eigenvalue weighted by Crippen LogP contribution is -2.33. The molecule has 6 heteroatoms. The summed E-state index contributed by atoms with van der Waals surface area (Å²) in [4.78, 5) is 0.0769. The second kappa shape index (κ2) is 6.23. The lowest BCUT2D eigenvalue weighted by molar-refractivity contribution is 0.391. The van der Waals surface area contributed by atoms with Gasteiger partial charge in [0.25, 0.3) is 0 Å². The summed E-state index contributed by atoms with van der Waals surface area (Å²) in [5.41, 5.74) is 1.26. The van der Waals surface area contributed by atoms with Crippen molar-refractivity contribution in [2.45, 2.75) is 37.2 Å². The largest absolute Gasteiger partial charge is 0.245 e. The predicted octanol–water partition coefficient (Wildman–Crippen LogP) is 4.14. The average molecular weight is 354 g/mol. The summed E-state index contributed by atoms with van der Waals surface area (Å²) in [6.45, 7) is 1.87. The third-order valence-corrected chi connectivity index (χ3v) is 6.29. The van der Waals surface area contributed by atoms with Crippen LogP contribution in [0, 0.1) is 12.7 Å². The molecular formula is C17H17ClFNO2S. The molecule has 0 N–H and O–H groups in total. The minimum atomic E-state index is -3.77. The summed E-state index contributed by atoms with van der Waals surface area (Å²) in [5.74, 6) is -0.400. The Morgan fingerprint density at radius 3 is 2.52 bits per heavy atom. The van der Waals surface area contributed by atoms with E-state index in [9.17, 15) is 12.8 Å². The Balaban J connectivity index is 1.99. The quantitative estimate of drug-likeness (QED) is 0.810. The van der Waals surface area contributed by atoms with Crippen molar-refractivity contribution < 1.29 is 12.8 Å². The first kappa shape index (κ1) is 16.4. The van der Waals surface area contributed by atoms with Gasteiger partial charge in [-0.2, -0.15) is 4.31 Å². The van der Waals surface area contributed by atoms with Gasteiger partial charge in [-0.25, -0.2) is 12.8 Å². The third kappa shape index (κ3) is 3.42. The molecule has 0 saturated heterocycles. The standard InChI is InChI=1S/C17H17ClFNO2S/c1-12-6-9-17(15(18)10-12)23(21,22)20(14-7-8-14)11-13-4-2-3-5-16(13)19/h2-6,9-10,14H,7-8,11H2,1H3. The van der Waals surface area contributed by atoms with E-state index in [1.54, 1.807) is 30.3 Å².